The Bertz CT molecular complexity index is 2950. The summed E-state index contributed by atoms with van der Waals surface area (Å²) in [6, 6.07) is 37.3. The number of aromatic nitrogens is 3. The van der Waals surface area contributed by atoms with E-state index in [1.165, 1.54) is 18.3 Å². The van der Waals surface area contributed by atoms with Gasteiger partial charge < -0.3 is 30.4 Å². The average Bonchev–Trinajstić information content (AvgIpc) is 3.79. The summed E-state index contributed by atoms with van der Waals surface area (Å²) < 4.78 is 38.9. The largest absolute Gasteiger partial charge is 0.494 e. The van der Waals surface area contributed by atoms with Gasteiger partial charge in [-0.3, -0.25) is 23.7 Å². The highest BCUT2D eigenvalue weighted by Crippen LogP contribution is 2.42. The summed E-state index contributed by atoms with van der Waals surface area (Å²) in [7, 11) is -2.73. The lowest BCUT2D eigenvalue weighted by Crippen LogP contribution is -2.49. The van der Waals surface area contributed by atoms with Crippen LogP contribution in [0.15, 0.2) is 150 Å². The number of aryl methyl sites for hydroxylation is 3. The molecule has 0 unspecified atom stereocenters. The second kappa shape index (κ2) is 20.7. The molecule has 2 amide bonds. The van der Waals surface area contributed by atoms with E-state index in [1.807, 2.05) is 73.8 Å². The van der Waals surface area contributed by atoms with Gasteiger partial charge in [-0.15, -0.1) is 0 Å². The highest BCUT2D eigenvalue weighted by molar-refractivity contribution is 7.89. The molecular formula is C51H53N7O8S. The molecule has 0 aliphatic carbocycles. The maximum absolute atomic E-state index is 13.8. The number of anilines is 1. The van der Waals surface area contributed by atoms with Crippen molar-refractivity contribution in [3.63, 3.8) is 0 Å². The molecule has 5 N–H and O–H groups in total. The highest BCUT2D eigenvalue weighted by Gasteiger charge is 2.40. The van der Waals surface area contributed by atoms with Crippen molar-refractivity contribution < 1.29 is 32.6 Å². The van der Waals surface area contributed by atoms with E-state index < -0.39 is 45.5 Å². The zero-order valence-corrected chi connectivity index (χ0v) is 38.5. The Morgan fingerprint density at radius 2 is 1.43 bits per heavy atom. The van der Waals surface area contributed by atoms with Crippen LogP contribution in [0.4, 0.5) is 5.95 Å². The number of aliphatic carboxylic acids is 1. The lowest BCUT2D eigenvalue weighted by molar-refractivity contribution is -0.138. The SMILES string of the molecule is CCNC(=O)CCCOc1cc(C)c(S(=O)(=O)N[C@@H](CNC(=O)c2cn(C)c3cc(CNc4nccn4C(c4ccccc4)(c4ccccc4)c4ccccc4)ccc3c2=O)C(=O)O)c(C)c1. The Labute approximate surface area is 388 Å². The fourth-order valence-electron chi connectivity index (χ4n) is 8.48. The number of nitrogens with zero attached hydrogens (tertiary/aromatic N) is 3. The van der Waals surface area contributed by atoms with Crippen LogP contribution >= 0.6 is 0 Å². The number of hydrogen-bond donors (Lipinski definition) is 5. The lowest BCUT2D eigenvalue weighted by Gasteiger charge is -2.38. The predicted molar refractivity (Wildman–Crippen MR) is 257 cm³/mol. The fraction of sp³-hybridized carbons (Fsp3) is 0.235. The van der Waals surface area contributed by atoms with Crippen LogP contribution in [0.2, 0.25) is 0 Å². The van der Waals surface area contributed by atoms with Gasteiger partial charge in [0.15, 0.2) is 0 Å². The molecule has 0 bridgehead atoms. The van der Waals surface area contributed by atoms with Gasteiger partial charge in [0, 0.05) is 57.1 Å². The monoisotopic (exact) mass is 923 g/mol. The van der Waals surface area contributed by atoms with Gasteiger partial charge in [-0.25, -0.2) is 13.4 Å². The van der Waals surface area contributed by atoms with E-state index in [1.54, 1.807) is 43.8 Å². The minimum absolute atomic E-state index is 0.0930. The maximum atomic E-state index is 13.8. The molecule has 16 heteroatoms. The van der Waals surface area contributed by atoms with Crippen molar-refractivity contribution in [1.29, 1.82) is 0 Å². The molecule has 2 heterocycles. The molecule has 0 saturated carbocycles. The first-order valence-electron chi connectivity index (χ1n) is 21.8. The van der Waals surface area contributed by atoms with Crippen molar-refractivity contribution in [3.8, 4) is 5.75 Å². The molecule has 0 radical (unpaired) electrons. The Hall–Kier alpha value is -7.56. The number of ether oxygens (including phenoxy) is 1. The first-order chi connectivity index (χ1) is 32.2. The van der Waals surface area contributed by atoms with E-state index in [9.17, 15) is 32.7 Å². The van der Waals surface area contributed by atoms with Crippen LogP contribution in [0, 0.1) is 13.8 Å². The summed E-state index contributed by atoms with van der Waals surface area (Å²) in [5.41, 5.74) is 3.48. The van der Waals surface area contributed by atoms with Crippen molar-refractivity contribution in [2.45, 2.75) is 56.6 Å². The van der Waals surface area contributed by atoms with E-state index in [-0.39, 0.29) is 34.8 Å². The third-order valence-electron chi connectivity index (χ3n) is 11.5. The number of carboxylic acids is 1. The van der Waals surface area contributed by atoms with Gasteiger partial charge >= 0.3 is 5.97 Å². The van der Waals surface area contributed by atoms with E-state index in [4.69, 9.17) is 9.72 Å². The topological polar surface area (TPSA) is 203 Å². The van der Waals surface area contributed by atoms with Crippen LogP contribution in [-0.2, 0) is 38.7 Å². The zero-order chi connectivity index (χ0) is 47.7. The minimum Gasteiger partial charge on any atom is -0.494 e. The summed E-state index contributed by atoms with van der Waals surface area (Å²) in [5.74, 6) is -1.50. The number of nitrogens with one attached hydrogen (secondary N) is 4. The first-order valence-corrected chi connectivity index (χ1v) is 23.3. The van der Waals surface area contributed by atoms with Gasteiger partial charge in [0.05, 0.1) is 17.0 Å². The molecule has 5 aromatic carbocycles. The Kier molecular flexibility index (Phi) is 14.7. The van der Waals surface area contributed by atoms with Crippen molar-refractivity contribution in [3.05, 3.63) is 189 Å². The smallest absolute Gasteiger partial charge is 0.323 e. The van der Waals surface area contributed by atoms with E-state index in [2.05, 4.69) is 61.6 Å². The standard InChI is InChI=1S/C51H53N7O8S/c1-5-52-45(59)22-15-27-66-40-28-34(2)47(35(3)29-40)67(64,65)56-43(49(62)63)32-54-48(61)42-33-57(4)44-30-36(23-24-41(44)46(42)60)31-55-50-53-25-26-58(50)51(37-16-9-6-10-17-37,38-18-11-7-12-19-38)39-20-13-8-14-21-39/h6-14,16-21,23-26,28-30,33,43,56H,5,15,22,27,31-32H2,1-4H3,(H,52,59)(H,53,55)(H,54,61)(H,62,63)/t43-/m0/s1. The molecule has 0 fully saturated rings. The van der Waals surface area contributed by atoms with Crippen LogP contribution in [0.3, 0.4) is 0 Å². The Balaban J connectivity index is 1.06. The van der Waals surface area contributed by atoms with E-state index in [0.29, 0.717) is 47.9 Å². The first kappa shape index (κ1) is 47.4. The number of carbonyl (C=O) groups is 3. The average molecular weight is 924 g/mol. The van der Waals surface area contributed by atoms with Crippen LogP contribution in [0.25, 0.3) is 10.9 Å². The van der Waals surface area contributed by atoms with Crippen LogP contribution < -0.4 is 30.8 Å². The van der Waals surface area contributed by atoms with E-state index in [0.717, 1.165) is 22.3 Å². The van der Waals surface area contributed by atoms with Gasteiger partial charge in [-0.2, -0.15) is 4.72 Å². The van der Waals surface area contributed by atoms with Gasteiger partial charge in [0.2, 0.25) is 27.3 Å². The number of fused-ring (bicyclic) bond motifs is 1. The second-order valence-electron chi connectivity index (χ2n) is 16.1. The third-order valence-corrected chi connectivity index (χ3v) is 13.3. The number of benzene rings is 5. The summed E-state index contributed by atoms with van der Waals surface area (Å²) in [6.45, 7) is 5.39. The number of rotatable bonds is 20. The summed E-state index contributed by atoms with van der Waals surface area (Å²) in [5, 5.41) is 19.0. The van der Waals surface area contributed by atoms with Crippen LogP contribution in [-0.4, -0.2) is 71.2 Å². The molecule has 1 atom stereocenters. The second-order valence-corrected chi connectivity index (χ2v) is 17.8. The molecule has 67 heavy (non-hydrogen) atoms. The quantitative estimate of drug-likeness (QED) is 0.0429. The molecule has 0 saturated heterocycles. The zero-order valence-electron chi connectivity index (χ0n) is 37.7. The molecule has 346 valence electrons. The fourth-order valence-corrected chi connectivity index (χ4v) is 10.1. The molecule has 0 spiro atoms. The van der Waals surface area contributed by atoms with Gasteiger partial charge in [0.25, 0.3) is 5.91 Å². The molecule has 2 aromatic heterocycles. The lowest BCUT2D eigenvalue weighted by atomic mass is 9.76. The molecule has 0 aliphatic rings. The van der Waals surface area contributed by atoms with Crippen molar-refractivity contribution >= 4 is 44.7 Å². The molecule has 15 nitrogen and oxygen atoms in total. The van der Waals surface area contributed by atoms with Gasteiger partial charge in [-0.1, -0.05) is 97.1 Å². The maximum Gasteiger partial charge on any atom is 0.323 e. The van der Waals surface area contributed by atoms with Crippen molar-refractivity contribution in [2.24, 2.45) is 7.05 Å². The van der Waals surface area contributed by atoms with Crippen LogP contribution in [0.1, 0.15) is 63.5 Å². The van der Waals surface area contributed by atoms with Gasteiger partial charge in [0.1, 0.15) is 22.9 Å². The number of hydrogen-bond acceptors (Lipinski definition) is 9. The number of amides is 2. The minimum atomic E-state index is -4.42. The Morgan fingerprint density at radius 3 is 2.00 bits per heavy atom. The predicted octanol–water partition coefficient (Wildman–Crippen LogP) is 6.26. The summed E-state index contributed by atoms with van der Waals surface area (Å²) >= 11 is 0. The molecule has 0 aliphatic heterocycles. The number of carboxylic acid groups (broad SMARTS) is 1. The third kappa shape index (κ3) is 10.3. The summed E-state index contributed by atoms with van der Waals surface area (Å²) in [6.07, 6.45) is 5.82. The highest BCUT2D eigenvalue weighted by atomic mass is 32.2. The number of sulfonamides is 1. The molecular weight excluding hydrogens is 871 g/mol. The number of imidazole rings is 1. The summed E-state index contributed by atoms with van der Waals surface area (Å²) in [4.78, 5) is 56.0. The number of pyridine rings is 1. The van der Waals surface area contributed by atoms with Gasteiger partial charge in [-0.05, 0) is 84.8 Å². The molecule has 7 aromatic rings. The van der Waals surface area contributed by atoms with Crippen molar-refractivity contribution in [1.82, 2.24) is 29.5 Å². The van der Waals surface area contributed by atoms with E-state index >= 15 is 0 Å². The molecule has 7 rings (SSSR count). The van der Waals surface area contributed by atoms with Crippen LogP contribution in [0.5, 0.6) is 5.75 Å². The normalized spacial score (nSPS) is 12.1. The Morgan fingerprint density at radius 1 is 0.836 bits per heavy atom. The number of carbonyl (C=O) groups excluding carboxylic acids is 2. The van der Waals surface area contributed by atoms with Crippen molar-refractivity contribution in [2.75, 3.05) is 25.0 Å².